The molecule has 2 amide bonds. The Morgan fingerprint density at radius 1 is 0.946 bits per heavy atom. The van der Waals surface area contributed by atoms with Crippen LogP contribution in [0, 0.1) is 29.6 Å². The molecule has 2 bridgehead atoms. The summed E-state index contributed by atoms with van der Waals surface area (Å²) in [5.74, 6) is 0.504. The second-order valence-corrected chi connectivity index (χ2v) is 12.7. The van der Waals surface area contributed by atoms with Gasteiger partial charge in [-0.05, 0) is 66.1 Å². The number of amides is 2. The number of rotatable bonds is 4. The van der Waals surface area contributed by atoms with Crippen LogP contribution in [0.25, 0.3) is 0 Å². The molecule has 2 saturated carbocycles. The number of aromatic amines is 1. The lowest BCUT2D eigenvalue weighted by atomic mass is 9.68. The molecule has 0 radical (unpaired) electrons. The van der Waals surface area contributed by atoms with Gasteiger partial charge in [-0.2, -0.15) is 0 Å². The predicted octanol–water partition coefficient (Wildman–Crippen LogP) is 4.78. The molecule has 7 atom stereocenters. The van der Waals surface area contributed by atoms with Crippen LogP contribution in [0.4, 0.5) is 5.69 Å². The van der Waals surface area contributed by atoms with Crippen LogP contribution in [0.1, 0.15) is 22.8 Å². The number of thioether (sulfide) groups is 1. The van der Waals surface area contributed by atoms with E-state index in [2.05, 4.69) is 4.98 Å². The van der Waals surface area contributed by atoms with Gasteiger partial charge in [-0.3, -0.25) is 19.3 Å². The molecular weight excluding hydrogens is 532 g/mol. The maximum Gasteiger partial charge on any atom is 0.305 e. The third kappa shape index (κ3) is 3.23. The summed E-state index contributed by atoms with van der Waals surface area (Å²) in [5.41, 5.74) is 1.60. The van der Waals surface area contributed by atoms with Gasteiger partial charge in [0, 0.05) is 21.1 Å². The van der Waals surface area contributed by atoms with Crippen molar-refractivity contribution < 1.29 is 19.1 Å². The maximum atomic E-state index is 13.8. The number of thiazole rings is 1. The fourth-order valence-corrected chi connectivity index (χ4v) is 10.3. The number of carbonyl (C=O) groups excluding carboxylic acids is 2. The SMILES string of the molecule is COc1ccc([C@H]2c3sc(=O)[nH]c3SC3C4CC(C5C(=O)N(c6ccc(Cl)cc6)C(=O)C45)C32)cc1OC. The van der Waals surface area contributed by atoms with Crippen LogP contribution in [0.2, 0.25) is 5.02 Å². The molecule has 1 N–H and O–H groups in total. The maximum absolute atomic E-state index is 13.8. The van der Waals surface area contributed by atoms with Crippen LogP contribution >= 0.6 is 34.7 Å². The van der Waals surface area contributed by atoms with Gasteiger partial charge >= 0.3 is 4.87 Å². The van der Waals surface area contributed by atoms with E-state index in [1.807, 2.05) is 18.2 Å². The molecule has 2 aromatic carbocycles. The van der Waals surface area contributed by atoms with E-state index in [4.69, 9.17) is 21.1 Å². The Morgan fingerprint density at radius 2 is 1.65 bits per heavy atom. The van der Waals surface area contributed by atoms with E-state index < -0.39 is 0 Å². The van der Waals surface area contributed by atoms with Gasteiger partial charge in [-0.25, -0.2) is 0 Å². The molecule has 190 valence electrons. The fourth-order valence-electron chi connectivity index (χ4n) is 7.28. The van der Waals surface area contributed by atoms with Crippen LogP contribution in [-0.4, -0.2) is 36.3 Å². The Kier molecular flexibility index (Phi) is 5.29. The van der Waals surface area contributed by atoms with Gasteiger partial charge in [0.05, 0.1) is 36.8 Å². The normalized spacial score (nSPS) is 31.3. The Hall–Kier alpha value is -2.75. The minimum atomic E-state index is -0.352. The zero-order valence-electron chi connectivity index (χ0n) is 20.0. The molecule has 1 aromatic heterocycles. The van der Waals surface area contributed by atoms with Crippen molar-refractivity contribution in [1.29, 1.82) is 0 Å². The van der Waals surface area contributed by atoms with Gasteiger partial charge in [-0.15, -0.1) is 11.8 Å². The number of aromatic nitrogens is 1. The van der Waals surface area contributed by atoms with Crippen LogP contribution in [-0.2, 0) is 9.59 Å². The van der Waals surface area contributed by atoms with E-state index in [-0.39, 0.29) is 57.4 Å². The molecule has 10 heteroatoms. The summed E-state index contributed by atoms with van der Waals surface area (Å²) in [6.45, 7) is 0. The number of hydrogen-bond donors (Lipinski definition) is 1. The van der Waals surface area contributed by atoms with Crippen molar-refractivity contribution in [2.75, 3.05) is 19.1 Å². The van der Waals surface area contributed by atoms with Crippen molar-refractivity contribution in [3.05, 3.63) is 67.6 Å². The van der Waals surface area contributed by atoms with Crippen molar-refractivity contribution in [3.8, 4) is 11.5 Å². The van der Waals surface area contributed by atoms with Crippen molar-refractivity contribution >= 4 is 52.2 Å². The number of ether oxygens (including phenoxy) is 2. The van der Waals surface area contributed by atoms with Crippen molar-refractivity contribution in [2.24, 2.45) is 29.6 Å². The number of fused-ring (bicyclic) bond motifs is 9. The number of hydrogen-bond acceptors (Lipinski definition) is 7. The molecule has 4 aliphatic rings. The molecule has 1 saturated heterocycles. The number of carbonyl (C=O) groups is 2. The first kappa shape index (κ1) is 23.4. The molecule has 7 nitrogen and oxygen atoms in total. The molecule has 2 aliphatic heterocycles. The summed E-state index contributed by atoms with van der Waals surface area (Å²) in [4.78, 5) is 45.3. The zero-order chi connectivity index (χ0) is 25.6. The predicted molar refractivity (Wildman–Crippen MR) is 142 cm³/mol. The minimum Gasteiger partial charge on any atom is -0.493 e. The fraction of sp³-hybridized carbons (Fsp3) is 0.370. The first-order chi connectivity index (χ1) is 17.9. The van der Waals surface area contributed by atoms with Gasteiger partial charge in [-0.1, -0.05) is 29.0 Å². The Morgan fingerprint density at radius 3 is 2.35 bits per heavy atom. The summed E-state index contributed by atoms with van der Waals surface area (Å²) in [7, 11) is 3.21. The smallest absolute Gasteiger partial charge is 0.305 e. The highest BCUT2D eigenvalue weighted by Crippen LogP contribution is 2.68. The molecule has 37 heavy (non-hydrogen) atoms. The highest BCUT2D eigenvalue weighted by atomic mass is 35.5. The topological polar surface area (TPSA) is 88.7 Å². The quantitative estimate of drug-likeness (QED) is 0.467. The molecule has 3 fully saturated rings. The lowest BCUT2D eigenvalue weighted by Crippen LogP contribution is -2.42. The van der Waals surface area contributed by atoms with Crippen LogP contribution in [0.3, 0.4) is 0 Å². The minimum absolute atomic E-state index is 0.0460. The van der Waals surface area contributed by atoms with Gasteiger partial charge < -0.3 is 14.5 Å². The van der Waals surface area contributed by atoms with Gasteiger partial charge in [0.2, 0.25) is 11.8 Å². The Labute approximate surface area is 226 Å². The third-order valence-corrected chi connectivity index (χ3v) is 11.4. The van der Waals surface area contributed by atoms with Crippen LogP contribution < -0.4 is 19.2 Å². The molecule has 7 rings (SSSR count). The molecule has 2 aliphatic carbocycles. The highest BCUT2D eigenvalue weighted by Gasteiger charge is 2.69. The number of imide groups is 1. The highest BCUT2D eigenvalue weighted by molar-refractivity contribution is 8.00. The number of methoxy groups -OCH3 is 2. The summed E-state index contributed by atoms with van der Waals surface area (Å²) in [5, 5.41) is 1.57. The molecular formula is C27H23ClN2O5S2. The van der Waals surface area contributed by atoms with Crippen LogP contribution in [0.15, 0.2) is 52.3 Å². The molecule has 3 aromatic rings. The lowest BCUT2D eigenvalue weighted by molar-refractivity contribution is -0.123. The number of H-pyrrole nitrogens is 1. The standard InChI is InChI=1S/C27H23ClN2O5S2/c1-34-16-8-3-11(9-17(16)35-2)18-19-14-10-15(22(19)36-24-23(18)37-27(33)29-24)21-20(14)25(31)30(26(21)32)13-6-4-12(28)5-7-13/h3-9,14-15,18-22H,10H2,1-2H3,(H,29,33)/t14?,15?,18-,19?,20?,21?,22?/m1/s1. The monoisotopic (exact) mass is 554 g/mol. The first-order valence-corrected chi connectivity index (χ1v) is 14.2. The number of benzene rings is 2. The third-order valence-electron chi connectivity index (χ3n) is 8.58. The zero-order valence-corrected chi connectivity index (χ0v) is 22.4. The van der Waals surface area contributed by atoms with Gasteiger partial charge in [0.15, 0.2) is 11.5 Å². The van der Waals surface area contributed by atoms with Crippen molar-refractivity contribution in [2.45, 2.75) is 22.6 Å². The largest absolute Gasteiger partial charge is 0.493 e. The molecule has 0 spiro atoms. The van der Waals surface area contributed by atoms with E-state index >= 15 is 0 Å². The van der Waals surface area contributed by atoms with E-state index in [0.717, 1.165) is 21.9 Å². The summed E-state index contributed by atoms with van der Waals surface area (Å²) >= 11 is 8.97. The van der Waals surface area contributed by atoms with Crippen LogP contribution in [0.5, 0.6) is 11.5 Å². The van der Waals surface area contributed by atoms with E-state index in [0.29, 0.717) is 22.2 Å². The van der Waals surface area contributed by atoms with Crippen molar-refractivity contribution in [1.82, 2.24) is 4.98 Å². The molecule has 3 heterocycles. The second-order valence-electron chi connectivity index (χ2n) is 10.1. The van der Waals surface area contributed by atoms with E-state index in [9.17, 15) is 14.4 Å². The average Bonchev–Trinajstić information content (AvgIpc) is 3.63. The first-order valence-electron chi connectivity index (χ1n) is 12.2. The number of nitrogens with zero attached hydrogens (tertiary/aromatic N) is 1. The average molecular weight is 555 g/mol. The van der Waals surface area contributed by atoms with Gasteiger partial charge in [0.1, 0.15) is 0 Å². The number of halogens is 1. The Bertz CT molecular complexity index is 1500. The van der Waals surface area contributed by atoms with E-state index in [1.165, 1.54) is 16.2 Å². The number of anilines is 1. The summed E-state index contributed by atoms with van der Waals surface area (Å²) in [6.07, 6.45) is 0.840. The Balaban J connectivity index is 1.32. The number of nitrogens with one attached hydrogen (secondary N) is 1. The second kappa shape index (κ2) is 8.38. The van der Waals surface area contributed by atoms with E-state index in [1.54, 1.807) is 50.2 Å². The van der Waals surface area contributed by atoms with Gasteiger partial charge in [0.25, 0.3) is 0 Å². The lowest BCUT2D eigenvalue weighted by Gasteiger charge is -2.43. The van der Waals surface area contributed by atoms with Crippen molar-refractivity contribution in [3.63, 3.8) is 0 Å². The summed E-state index contributed by atoms with van der Waals surface area (Å²) < 4.78 is 11.0. The molecule has 6 unspecified atom stereocenters. The summed E-state index contributed by atoms with van der Waals surface area (Å²) in [6, 6.07) is 12.8.